The Morgan fingerprint density at radius 3 is 2.72 bits per heavy atom. The summed E-state index contributed by atoms with van der Waals surface area (Å²) in [6, 6.07) is 10.4. The Morgan fingerprint density at radius 1 is 1.10 bits per heavy atom. The number of ether oxygens (including phenoxy) is 3. The number of amides is 1. The molecule has 156 valence electrons. The summed E-state index contributed by atoms with van der Waals surface area (Å²) in [5, 5.41) is 5.23. The van der Waals surface area contributed by atoms with Crippen LogP contribution in [0, 0.1) is 0 Å². The average molecular weight is 417 g/mol. The summed E-state index contributed by atoms with van der Waals surface area (Å²) in [6.45, 7) is 5.28. The van der Waals surface area contributed by atoms with Crippen LogP contribution in [0.1, 0.15) is 29.3 Å². The van der Waals surface area contributed by atoms with Gasteiger partial charge in [-0.2, -0.15) is 0 Å². The van der Waals surface area contributed by atoms with Crippen molar-refractivity contribution in [2.45, 2.75) is 25.3 Å². The van der Waals surface area contributed by atoms with E-state index in [4.69, 9.17) is 14.2 Å². The van der Waals surface area contributed by atoms with Gasteiger partial charge in [-0.25, -0.2) is 0 Å². The van der Waals surface area contributed by atoms with E-state index in [-0.39, 0.29) is 11.9 Å². The van der Waals surface area contributed by atoms with E-state index < -0.39 is 0 Å². The maximum atomic E-state index is 12.5. The van der Waals surface area contributed by atoms with Gasteiger partial charge in [-0.15, -0.1) is 11.3 Å². The summed E-state index contributed by atoms with van der Waals surface area (Å²) in [4.78, 5) is 16.2. The van der Waals surface area contributed by atoms with Crippen LogP contribution in [0.3, 0.4) is 0 Å². The molecule has 6 nitrogen and oxygen atoms in total. The zero-order valence-corrected chi connectivity index (χ0v) is 17.4. The van der Waals surface area contributed by atoms with E-state index in [2.05, 4.69) is 27.7 Å². The van der Waals surface area contributed by atoms with Gasteiger partial charge in [0.2, 0.25) is 5.91 Å². The third-order valence-electron chi connectivity index (χ3n) is 5.30. The minimum Gasteiger partial charge on any atom is -0.490 e. The van der Waals surface area contributed by atoms with E-state index in [0.29, 0.717) is 32.6 Å². The lowest BCUT2D eigenvalue weighted by molar-refractivity contribution is -0.121. The highest BCUT2D eigenvalue weighted by Crippen LogP contribution is 2.31. The second-order valence-electron chi connectivity index (χ2n) is 7.32. The fourth-order valence-corrected chi connectivity index (χ4v) is 4.56. The van der Waals surface area contributed by atoms with E-state index in [1.165, 1.54) is 4.88 Å². The average Bonchev–Trinajstić information content (AvgIpc) is 3.18. The van der Waals surface area contributed by atoms with Crippen molar-refractivity contribution in [3.8, 4) is 11.5 Å². The van der Waals surface area contributed by atoms with E-state index in [1.807, 2.05) is 18.2 Å². The Balaban J connectivity index is 1.30. The minimum absolute atomic E-state index is 0.0759. The highest BCUT2D eigenvalue weighted by Gasteiger charge is 2.24. The zero-order valence-electron chi connectivity index (χ0n) is 16.6. The van der Waals surface area contributed by atoms with Crippen molar-refractivity contribution in [2.75, 3.05) is 46.1 Å². The number of aryl methyl sites for hydroxylation is 1. The molecule has 7 heteroatoms. The maximum absolute atomic E-state index is 12.5. The molecule has 0 aliphatic carbocycles. The van der Waals surface area contributed by atoms with Crippen molar-refractivity contribution in [2.24, 2.45) is 0 Å². The fourth-order valence-electron chi connectivity index (χ4n) is 3.70. The summed E-state index contributed by atoms with van der Waals surface area (Å²) in [5.74, 6) is 1.65. The molecule has 1 aromatic heterocycles. The number of hydrogen-bond acceptors (Lipinski definition) is 6. The smallest absolute Gasteiger partial charge is 0.220 e. The van der Waals surface area contributed by atoms with E-state index in [9.17, 15) is 4.79 Å². The zero-order chi connectivity index (χ0) is 19.9. The van der Waals surface area contributed by atoms with Crippen LogP contribution < -0.4 is 14.8 Å². The first-order valence-electron chi connectivity index (χ1n) is 10.3. The van der Waals surface area contributed by atoms with Gasteiger partial charge in [0.15, 0.2) is 11.5 Å². The number of morpholine rings is 1. The molecule has 0 spiro atoms. The number of hydrogen-bond donors (Lipinski definition) is 1. The molecule has 0 radical (unpaired) electrons. The number of rotatable bonds is 7. The van der Waals surface area contributed by atoms with Crippen molar-refractivity contribution in [3.63, 3.8) is 0 Å². The standard InChI is InChI=1S/C22H28N2O4S/c25-22(7-5-17-4-6-19-20(15-17)28-11-2-10-27-19)23-16-18(21-3-1-14-29-21)24-8-12-26-13-9-24/h1,3-4,6,14-15,18H,2,5,7-13,16H2,(H,23,25). The second kappa shape index (κ2) is 10.1. The number of carbonyl (C=O) groups is 1. The number of nitrogens with zero attached hydrogens (tertiary/aromatic N) is 1. The van der Waals surface area contributed by atoms with Gasteiger partial charge < -0.3 is 19.5 Å². The molecule has 0 bridgehead atoms. The van der Waals surface area contributed by atoms with E-state index in [1.54, 1.807) is 11.3 Å². The molecular formula is C22H28N2O4S. The third-order valence-corrected chi connectivity index (χ3v) is 6.28. The summed E-state index contributed by atoms with van der Waals surface area (Å²) < 4.78 is 16.9. The van der Waals surface area contributed by atoms with Gasteiger partial charge in [-0.05, 0) is 35.6 Å². The second-order valence-corrected chi connectivity index (χ2v) is 8.29. The predicted octanol–water partition coefficient (Wildman–Crippen LogP) is 3.03. The maximum Gasteiger partial charge on any atom is 0.220 e. The van der Waals surface area contributed by atoms with Crippen molar-refractivity contribution in [3.05, 3.63) is 46.2 Å². The molecule has 3 heterocycles. The SMILES string of the molecule is O=C(CCc1ccc2c(c1)OCCCO2)NCC(c1cccs1)N1CCOCC1. The first-order valence-corrected chi connectivity index (χ1v) is 11.2. The van der Waals surface area contributed by atoms with Crippen LogP contribution in [-0.4, -0.2) is 56.9 Å². The van der Waals surface area contributed by atoms with Crippen molar-refractivity contribution in [1.29, 1.82) is 0 Å². The van der Waals surface area contributed by atoms with Crippen molar-refractivity contribution in [1.82, 2.24) is 10.2 Å². The monoisotopic (exact) mass is 416 g/mol. The lowest BCUT2D eigenvalue weighted by Crippen LogP contribution is -2.43. The van der Waals surface area contributed by atoms with Crippen LogP contribution in [0.25, 0.3) is 0 Å². The number of thiophene rings is 1. The van der Waals surface area contributed by atoms with Gasteiger partial charge in [0, 0.05) is 37.4 Å². The molecule has 2 aliphatic rings. The predicted molar refractivity (Wildman–Crippen MR) is 113 cm³/mol. The molecule has 1 N–H and O–H groups in total. The van der Waals surface area contributed by atoms with Gasteiger partial charge in [-0.3, -0.25) is 9.69 Å². The molecule has 2 aliphatic heterocycles. The number of nitrogens with one attached hydrogen (secondary N) is 1. The van der Waals surface area contributed by atoms with Gasteiger partial charge in [0.05, 0.1) is 32.5 Å². The van der Waals surface area contributed by atoms with Crippen LogP contribution in [0.5, 0.6) is 11.5 Å². The summed E-state index contributed by atoms with van der Waals surface area (Å²) in [6.07, 6.45) is 2.03. The number of benzene rings is 1. The van der Waals surface area contributed by atoms with Gasteiger partial charge >= 0.3 is 0 Å². The lowest BCUT2D eigenvalue weighted by atomic mass is 10.1. The molecule has 4 rings (SSSR count). The van der Waals surface area contributed by atoms with Gasteiger partial charge in [0.25, 0.3) is 0 Å². The normalized spacial score (nSPS) is 18.1. The first-order chi connectivity index (χ1) is 14.3. The van der Waals surface area contributed by atoms with Crippen LogP contribution >= 0.6 is 11.3 Å². The molecule has 1 saturated heterocycles. The Morgan fingerprint density at radius 2 is 1.93 bits per heavy atom. The molecule has 2 aromatic rings. The fraction of sp³-hybridized carbons (Fsp3) is 0.500. The van der Waals surface area contributed by atoms with Crippen LogP contribution in [0.4, 0.5) is 0 Å². The minimum atomic E-state index is 0.0759. The third kappa shape index (κ3) is 5.50. The van der Waals surface area contributed by atoms with E-state index in [0.717, 1.165) is 49.8 Å². The van der Waals surface area contributed by atoms with Gasteiger partial charge in [-0.1, -0.05) is 12.1 Å². The molecule has 1 amide bonds. The van der Waals surface area contributed by atoms with E-state index >= 15 is 0 Å². The molecule has 1 unspecified atom stereocenters. The van der Waals surface area contributed by atoms with Crippen molar-refractivity contribution < 1.29 is 19.0 Å². The Hall–Kier alpha value is -2.09. The van der Waals surface area contributed by atoms with Crippen LogP contribution in [0.2, 0.25) is 0 Å². The summed E-state index contributed by atoms with van der Waals surface area (Å²) >= 11 is 1.74. The molecule has 1 fully saturated rings. The quantitative estimate of drug-likeness (QED) is 0.752. The molecule has 1 aromatic carbocycles. The molecular weight excluding hydrogens is 388 g/mol. The topological polar surface area (TPSA) is 60.0 Å². The molecule has 0 saturated carbocycles. The lowest BCUT2D eigenvalue weighted by Gasteiger charge is -2.34. The molecule has 1 atom stereocenters. The highest BCUT2D eigenvalue weighted by molar-refractivity contribution is 7.10. The van der Waals surface area contributed by atoms with Gasteiger partial charge in [0.1, 0.15) is 0 Å². The Kier molecular flexibility index (Phi) is 7.03. The van der Waals surface area contributed by atoms with Crippen LogP contribution in [0.15, 0.2) is 35.7 Å². The van der Waals surface area contributed by atoms with Crippen molar-refractivity contribution >= 4 is 17.2 Å². The highest BCUT2D eigenvalue weighted by atomic mass is 32.1. The van der Waals surface area contributed by atoms with Crippen LogP contribution in [-0.2, 0) is 16.0 Å². The molecule has 29 heavy (non-hydrogen) atoms. The summed E-state index contributed by atoms with van der Waals surface area (Å²) in [7, 11) is 0. The Bertz CT molecular complexity index is 790. The first kappa shape index (κ1) is 20.2. The Labute approximate surface area is 175 Å². The largest absolute Gasteiger partial charge is 0.490 e. The summed E-state index contributed by atoms with van der Waals surface area (Å²) in [5.41, 5.74) is 1.09. The number of fused-ring (bicyclic) bond motifs is 1. The number of carbonyl (C=O) groups excluding carboxylic acids is 1.